The van der Waals surface area contributed by atoms with E-state index < -0.39 is 0 Å². The van der Waals surface area contributed by atoms with Crippen LogP contribution in [0.3, 0.4) is 0 Å². The van der Waals surface area contributed by atoms with Gasteiger partial charge in [-0.25, -0.2) is 4.79 Å². The first kappa shape index (κ1) is 12.0. The molecule has 0 aliphatic carbocycles. The number of carbonyl (C=O) groups excluding carboxylic acids is 2. The molecule has 1 unspecified atom stereocenters. The fraction of sp³-hybridized carbons (Fsp3) is 0.818. The topological polar surface area (TPSA) is 49.4 Å². The summed E-state index contributed by atoms with van der Waals surface area (Å²) in [6.45, 7) is 6.37. The molecule has 0 spiro atoms. The molecule has 1 saturated heterocycles. The van der Waals surface area contributed by atoms with Gasteiger partial charge in [0.05, 0.1) is 0 Å². The highest BCUT2D eigenvalue weighted by Gasteiger charge is 2.37. The summed E-state index contributed by atoms with van der Waals surface area (Å²) in [4.78, 5) is 24.4. The molecule has 0 saturated carbocycles. The summed E-state index contributed by atoms with van der Waals surface area (Å²) < 4.78 is 0. The Labute approximate surface area is 91.0 Å². The lowest BCUT2D eigenvalue weighted by Crippen LogP contribution is -2.44. The Morgan fingerprint density at radius 3 is 2.60 bits per heavy atom. The molecule has 1 aliphatic heterocycles. The van der Waals surface area contributed by atoms with Crippen LogP contribution in [-0.4, -0.2) is 29.9 Å². The maximum atomic E-state index is 11.5. The van der Waals surface area contributed by atoms with Gasteiger partial charge in [0.25, 0.3) is 0 Å². The second-order valence-corrected chi connectivity index (χ2v) is 5.28. The number of hydrogen-bond acceptors (Lipinski definition) is 2. The molecule has 0 aromatic heterocycles. The summed E-state index contributed by atoms with van der Waals surface area (Å²) in [6, 6.07) is -0.204. The molecule has 1 rings (SSSR count). The quantitative estimate of drug-likeness (QED) is 0.720. The van der Waals surface area contributed by atoms with Crippen molar-refractivity contribution >= 4 is 11.9 Å². The summed E-state index contributed by atoms with van der Waals surface area (Å²) in [5.74, 6) is -0.0522. The first-order valence-electron chi connectivity index (χ1n) is 5.39. The molecule has 1 N–H and O–H groups in total. The van der Waals surface area contributed by atoms with Crippen molar-refractivity contribution in [3.05, 3.63) is 0 Å². The molecular weight excluding hydrogens is 192 g/mol. The van der Waals surface area contributed by atoms with Gasteiger partial charge in [-0.15, -0.1) is 0 Å². The zero-order chi connectivity index (χ0) is 11.6. The van der Waals surface area contributed by atoms with Crippen LogP contribution in [-0.2, 0) is 4.79 Å². The summed E-state index contributed by atoms with van der Waals surface area (Å²) in [7, 11) is 1.56. The number of carbonyl (C=O) groups is 2. The van der Waals surface area contributed by atoms with E-state index in [4.69, 9.17) is 0 Å². The third kappa shape index (κ3) is 2.94. The fourth-order valence-corrected chi connectivity index (χ4v) is 2.04. The van der Waals surface area contributed by atoms with Crippen molar-refractivity contribution in [2.24, 2.45) is 5.41 Å². The van der Waals surface area contributed by atoms with E-state index >= 15 is 0 Å². The molecule has 0 aromatic carbocycles. The monoisotopic (exact) mass is 212 g/mol. The Morgan fingerprint density at radius 2 is 2.13 bits per heavy atom. The van der Waals surface area contributed by atoms with Gasteiger partial charge >= 0.3 is 6.03 Å². The fourth-order valence-electron chi connectivity index (χ4n) is 2.04. The highest BCUT2D eigenvalue weighted by Crippen LogP contribution is 2.30. The van der Waals surface area contributed by atoms with Crippen molar-refractivity contribution in [2.45, 2.75) is 46.1 Å². The summed E-state index contributed by atoms with van der Waals surface area (Å²) in [5, 5.41) is 2.52. The Balaban J connectivity index is 2.72. The minimum absolute atomic E-state index is 0.0522. The maximum absolute atomic E-state index is 11.5. The van der Waals surface area contributed by atoms with Crippen molar-refractivity contribution in [3.8, 4) is 0 Å². The molecule has 0 radical (unpaired) electrons. The van der Waals surface area contributed by atoms with Gasteiger partial charge < -0.3 is 5.32 Å². The van der Waals surface area contributed by atoms with Crippen LogP contribution in [0, 0.1) is 5.41 Å². The lowest BCUT2D eigenvalue weighted by atomic mass is 9.87. The second-order valence-electron chi connectivity index (χ2n) is 5.28. The largest absolute Gasteiger partial charge is 0.341 e. The summed E-state index contributed by atoms with van der Waals surface area (Å²) >= 11 is 0. The lowest BCUT2D eigenvalue weighted by molar-refractivity contribution is -0.126. The van der Waals surface area contributed by atoms with Crippen molar-refractivity contribution in [3.63, 3.8) is 0 Å². The van der Waals surface area contributed by atoms with Gasteiger partial charge in [-0.1, -0.05) is 20.8 Å². The molecule has 4 nitrogen and oxygen atoms in total. The summed E-state index contributed by atoms with van der Waals surface area (Å²) in [5.41, 5.74) is 0.140. The van der Waals surface area contributed by atoms with E-state index in [0.717, 1.165) is 12.8 Å². The predicted octanol–water partition coefficient (Wildman–Crippen LogP) is 1.75. The molecule has 1 atom stereocenters. The van der Waals surface area contributed by atoms with Crippen LogP contribution in [0.1, 0.15) is 40.0 Å². The van der Waals surface area contributed by atoms with E-state index in [1.54, 1.807) is 7.05 Å². The van der Waals surface area contributed by atoms with Gasteiger partial charge in [0.2, 0.25) is 5.91 Å². The standard InChI is InChI=1S/C11H20N2O2/c1-11(2,3)7-8-5-6-9(14)13(8)10(15)12-4/h8H,5-7H2,1-4H3,(H,12,15). The van der Waals surface area contributed by atoms with Crippen molar-refractivity contribution in [1.82, 2.24) is 10.2 Å². The van der Waals surface area contributed by atoms with Gasteiger partial charge in [0, 0.05) is 19.5 Å². The Bertz CT molecular complexity index is 268. The van der Waals surface area contributed by atoms with E-state index in [1.165, 1.54) is 4.90 Å². The SMILES string of the molecule is CNC(=O)N1C(=O)CCC1CC(C)(C)C. The number of nitrogens with one attached hydrogen (secondary N) is 1. The molecule has 1 fully saturated rings. The molecule has 0 aromatic rings. The number of imide groups is 1. The van der Waals surface area contributed by atoms with Crippen molar-refractivity contribution < 1.29 is 9.59 Å². The molecular formula is C11H20N2O2. The van der Waals surface area contributed by atoms with Gasteiger partial charge in [0.15, 0.2) is 0 Å². The predicted molar refractivity (Wildman–Crippen MR) is 58.4 cm³/mol. The number of amides is 3. The van der Waals surface area contributed by atoms with Crippen LogP contribution in [0.2, 0.25) is 0 Å². The molecule has 86 valence electrons. The van der Waals surface area contributed by atoms with Gasteiger partial charge in [-0.2, -0.15) is 0 Å². The highest BCUT2D eigenvalue weighted by atomic mass is 16.2. The van der Waals surface area contributed by atoms with Crippen LogP contribution in [0.4, 0.5) is 4.79 Å². The van der Waals surface area contributed by atoms with Crippen molar-refractivity contribution in [2.75, 3.05) is 7.05 Å². The maximum Gasteiger partial charge on any atom is 0.324 e. The van der Waals surface area contributed by atoms with Gasteiger partial charge in [-0.05, 0) is 18.3 Å². The van der Waals surface area contributed by atoms with E-state index in [2.05, 4.69) is 26.1 Å². The molecule has 15 heavy (non-hydrogen) atoms. The minimum atomic E-state index is -0.272. The number of rotatable bonds is 1. The van der Waals surface area contributed by atoms with E-state index in [-0.39, 0.29) is 23.4 Å². The minimum Gasteiger partial charge on any atom is -0.341 e. The molecule has 3 amide bonds. The normalized spacial score (nSPS) is 22.0. The van der Waals surface area contributed by atoms with Gasteiger partial charge in [0.1, 0.15) is 0 Å². The number of nitrogens with zero attached hydrogens (tertiary/aromatic N) is 1. The zero-order valence-corrected chi connectivity index (χ0v) is 9.96. The van der Waals surface area contributed by atoms with Crippen LogP contribution >= 0.6 is 0 Å². The molecule has 4 heteroatoms. The average molecular weight is 212 g/mol. The van der Waals surface area contributed by atoms with Crippen LogP contribution in [0.25, 0.3) is 0 Å². The van der Waals surface area contributed by atoms with Gasteiger partial charge in [-0.3, -0.25) is 9.69 Å². The smallest absolute Gasteiger partial charge is 0.324 e. The Kier molecular flexibility index (Phi) is 3.37. The third-order valence-corrected chi connectivity index (χ3v) is 2.61. The van der Waals surface area contributed by atoms with Crippen LogP contribution < -0.4 is 5.32 Å². The molecule has 1 aliphatic rings. The molecule has 1 heterocycles. The Morgan fingerprint density at radius 1 is 1.53 bits per heavy atom. The number of hydrogen-bond donors (Lipinski definition) is 1. The van der Waals surface area contributed by atoms with E-state index in [1.807, 2.05) is 0 Å². The highest BCUT2D eigenvalue weighted by molar-refractivity contribution is 5.96. The molecule has 0 bridgehead atoms. The average Bonchev–Trinajstić information content (AvgIpc) is 2.43. The first-order valence-corrected chi connectivity index (χ1v) is 5.39. The first-order chi connectivity index (χ1) is 6.85. The third-order valence-electron chi connectivity index (χ3n) is 2.61. The second kappa shape index (κ2) is 4.21. The Hall–Kier alpha value is -1.06. The lowest BCUT2D eigenvalue weighted by Gasteiger charge is -2.28. The number of likely N-dealkylation sites (tertiary alicyclic amines) is 1. The van der Waals surface area contributed by atoms with Crippen molar-refractivity contribution in [1.29, 1.82) is 0 Å². The van der Waals surface area contributed by atoms with E-state index in [9.17, 15) is 9.59 Å². The zero-order valence-electron chi connectivity index (χ0n) is 9.96. The summed E-state index contributed by atoms with van der Waals surface area (Å²) in [6.07, 6.45) is 2.16. The van der Waals surface area contributed by atoms with E-state index in [0.29, 0.717) is 6.42 Å². The van der Waals surface area contributed by atoms with Crippen LogP contribution in [0.5, 0.6) is 0 Å². The van der Waals surface area contributed by atoms with Crippen LogP contribution in [0.15, 0.2) is 0 Å². The number of urea groups is 1.